The summed E-state index contributed by atoms with van der Waals surface area (Å²) in [5, 5.41) is 12.4. The Hall–Kier alpha value is -1.10. The van der Waals surface area contributed by atoms with Crippen LogP contribution in [0.15, 0.2) is 0 Å². The third-order valence-corrected chi connectivity index (χ3v) is 4.89. The number of rotatable bonds is 4. The lowest BCUT2D eigenvalue weighted by atomic mass is 9.94. The van der Waals surface area contributed by atoms with Gasteiger partial charge in [-0.15, -0.1) is 0 Å². The first-order valence-electron chi connectivity index (χ1n) is 8.23. The Balaban J connectivity index is 1.79. The summed E-state index contributed by atoms with van der Waals surface area (Å²) in [5.74, 6) is 0.555. The number of carbonyl (C=O) groups excluding carboxylic acids is 2. The number of aliphatic hydroxyl groups excluding tert-OH is 1. The first-order valence-corrected chi connectivity index (χ1v) is 8.23. The lowest BCUT2D eigenvalue weighted by Crippen LogP contribution is -2.47. The zero-order valence-corrected chi connectivity index (χ0v) is 13.2. The van der Waals surface area contributed by atoms with Crippen molar-refractivity contribution < 1.29 is 14.7 Å². The molecule has 21 heavy (non-hydrogen) atoms. The monoisotopic (exact) mass is 296 g/mol. The van der Waals surface area contributed by atoms with Crippen molar-refractivity contribution in [2.45, 2.75) is 52.0 Å². The van der Waals surface area contributed by atoms with E-state index in [9.17, 15) is 14.7 Å². The van der Waals surface area contributed by atoms with Crippen molar-refractivity contribution in [2.24, 2.45) is 17.8 Å². The van der Waals surface area contributed by atoms with Crippen LogP contribution in [0.5, 0.6) is 0 Å². The van der Waals surface area contributed by atoms with Crippen molar-refractivity contribution in [3.8, 4) is 0 Å². The van der Waals surface area contributed by atoms with Crippen LogP contribution < -0.4 is 5.32 Å². The van der Waals surface area contributed by atoms with Crippen molar-refractivity contribution in [3.63, 3.8) is 0 Å². The van der Waals surface area contributed by atoms with E-state index in [-0.39, 0.29) is 42.2 Å². The molecule has 2 aliphatic rings. The SMILES string of the molecule is CC(C)C(=O)N1CCC(C(=O)NC2CCCC2CO)CC1. The second-order valence-electron chi connectivity index (χ2n) is 6.74. The molecule has 0 aromatic carbocycles. The number of aliphatic hydroxyl groups is 1. The van der Waals surface area contributed by atoms with Gasteiger partial charge in [-0.25, -0.2) is 0 Å². The third kappa shape index (κ3) is 3.96. The number of nitrogens with zero attached hydrogens (tertiary/aromatic N) is 1. The van der Waals surface area contributed by atoms with Crippen LogP contribution in [0.25, 0.3) is 0 Å². The van der Waals surface area contributed by atoms with Gasteiger partial charge in [0.05, 0.1) is 0 Å². The average Bonchev–Trinajstić information content (AvgIpc) is 2.93. The molecule has 2 atom stereocenters. The zero-order chi connectivity index (χ0) is 15.4. The largest absolute Gasteiger partial charge is 0.396 e. The van der Waals surface area contributed by atoms with E-state index in [0.717, 1.165) is 32.1 Å². The molecule has 1 saturated heterocycles. The fourth-order valence-electron chi connectivity index (χ4n) is 3.47. The van der Waals surface area contributed by atoms with Gasteiger partial charge < -0.3 is 15.3 Å². The first-order chi connectivity index (χ1) is 10.0. The Bertz CT molecular complexity index is 376. The Kier molecular flexibility index (Phi) is 5.62. The average molecular weight is 296 g/mol. The van der Waals surface area contributed by atoms with Gasteiger partial charge in [-0.1, -0.05) is 20.3 Å². The second kappa shape index (κ2) is 7.25. The topological polar surface area (TPSA) is 69.6 Å². The fourth-order valence-corrected chi connectivity index (χ4v) is 3.47. The molecule has 1 heterocycles. The van der Waals surface area contributed by atoms with Crippen molar-refractivity contribution in [1.29, 1.82) is 0 Å². The summed E-state index contributed by atoms with van der Waals surface area (Å²) in [6, 6.07) is 0.137. The van der Waals surface area contributed by atoms with Crippen LogP contribution in [0.3, 0.4) is 0 Å². The predicted molar refractivity (Wildman–Crippen MR) is 80.5 cm³/mol. The molecule has 0 aromatic heterocycles. The van der Waals surface area contributed by atoms with Crippen LogP contribution in [0.2, 0.25) is 0 Å². The number of likely N-dealkylation sites (tertiary alicyclic amines) is 1. The van der Waals surface area contributed by atoms with Crippen molar-refractivity contribution >= 4 is 11.8 Å². The Morgan fingerprint density at radius 1 is 1.19 bits per heavy atom. The number of hydrogen-bond donors (Lipinski definition) is 2. The van der Waals surface area contributed by atoms with Crippen molar-refractivity contribution in [1.82, 2.24) is 10.2 Å². The van der Waals surface area contributed by atoms with E-state index in [1.807, 2.05) is 18.7 Å². The molecule has 5 heteroatoms. The molecule has 0 spiro atoms. The fraction of sp³-hybridized carbons (Fsp3) is 0.875. The number of nitrogens with one attached hydrogen (secondary N) is 1. The summed E-state index contributed by atoms with van der Waals surface area (Å²) in [7, 11) is 0. The molecule has 120 valence electrons. The minimum absolute atomic E-state index is 0.0150. The maximum atomic E-state index is 12.3. The summed E-state index contributed by atoms with van der Waals surface area (Å²) >= 11 is 0. The van der Waals surface area contributed by atoms with E-state index in [2.05, 4.69) is 5.32 Å². The molecule has 2 N–H and O–H groups in total. The summed E-state index contributed by atoms with van der Waals surface area (Å²) in [6.45, 7) is 5.35. The molecule has 0 radical (unpaired) electrons. The summed E-state index contributed by atoms with van der Waals surface area (Å²) in [5.41, 5.74) is 0. The minimum atomic E-state index is 0.0150. The second-order valence-corrected chi connectivity index (χ2v) is 6.74. The highest BCUT2D eigenvalue weighted by atomic mass is 16.3. The van der Waals surface area contributed by atoms with Gasteiger partial charge in [0.25, 0.3) is 0 Å². The lowest BCUT2D eigenvalue weighted by molar-refractivity contribution is -0.138. The molecule has 2 rings (SSSR count). The molecule has 2 amide bonds. The molecular weight excluding hydrogens is 268 g/mol. The Labute approximate surface area is 127 Å². The van der Waals surface area contributed by atoms with Gasteiger partial charge in [-0.2, -0.15) is 0 Å². The number of hydrogen-bond acceptors (Lipinski definition) is 3. The predicted octanol–water partition coefficient (Wildman–Crippen LogP) is 1.16. The molecule has 0 bridgehead atoms. The quantitative estimate of drug-likeness (QED) is 0.818. The zero-order valence-electron chi connectivity index (χ0n) is 13.2. The number of piperidine rings is 1. The Morgan fingerprint density at radius 2 is 1.86 bits per heavy atom. The first kappa shape index (κ1) is 16.3. The number of carbonyl (C=O) groups is 2. The van der Waals surface area contributed by atoms with Gasteiger partial charge in [-0.05, 0) is 25.7 Å². The Morgan fingerprint density at radius 3 is 2.43 bits per heavy atom. The number of amides is 2. The van der Waals surface area contributed by atoms with E-state index in [0.29, 0.717) is 13.1 Å². The lowest BCUT2D eigenvalue weighted by Gasteiger charge is -2.33. The smallest absolute Gasteiger partial charge is 0.225 e. The van der Waals surface area contributed by atoms with E-state index >= 15 is 0 Å². The van der Waals surface area contributed by atoms with Crippen molar-refractivity contribution in [3.05, 3.63) is 0 Å². The summed E-state index contributed by atoms with van der Waals surface area (Å²) in [4.78, 5) is 26.1. The van der Waals surface area contributed by atoms with Crippen LogP contribution in [0.4, 0.5) is 0 Å². The van der Waals surface area contributed by atoms with Crippen LogP contribution in [0, 0.1) is 17.8 Å². The van der Waals surface area contributed by atoms with Gasteiger partial charge in [0.15, 0.2) is 0 Å². The van der Waals surface area contributed by atoms with E-state index in [1.165, 1.54) is 0 Å². The van der Waals surface area contributed by atoms with E-state index < -0.39 is 0 Å². The highest BCUT2D eigenvalue weighted by Gasteiger charge is 2.32. The molecule has 5 nitrogen and oxygen atoms in total. The normalized spacial score (nSPS) is 27.1. The minimum Gasteiger partial charge on any atom is -0.396 e. The van der Waals surface area contributed by atoms with Crippen LogP contribution in [-0.4, -0.2) is 47.6 Å². The molecule has 1 aliphatic carbocycles. The van der Waals surface area contributed by atoms with Gasteiger partial charge in [-0.3, -0.25) is 9.59 Å². The molecule has 2 unspecified atom stereocenters. The van der Waals surface area contributed by atoms with Gasteiger partial charge >= 0.3 is 0 Å². The third-order valence-electron chi connectivity index (χ3n) is 4.89. The van der Waals surface area contributed by atoms with Crippen LogP contribution in [-0.2, 0) is 9.59 Å². The van der Waals surface area contributed by atoms with Gasteiger partial charge in [0.1, 0.15) is 0 Å². The molecule has 1 saturated carbocycles. The van der Waals surface area contributed by atoms with Crippen LogP contribution >= 0.6 is 0 Å². The van der Waals surface area contributed by atoms with Crippen molar-refractivity contribution in [2.75, 3.05) is 19.7 Å². The molecule has 2 fully saturated rings. The van der Waals surface area contributed by atoms with E-state index in [4.69, 9.17) is 0 Å². The van der Waals surface area contributed by atoms with Gasteiger partial charge in [0.2, 0.25) is 11.8 Å². The highest BCUT2D eigenvalue weighted by molar-refractivity contribution is 5.81. The van der Waals surface area contributed by atoms with Crippen LogP contribution in [0.1, 0.15) is 46.0 Å². The summed E-state index contributed by atoms with van der Waals surface area (Å²) < 4.78 is 0. The maximum Gasteiger partial charge on any atom is 0.225 e. The molecule has 1 aliphatic heterocycles. The maximum absolute atomic E-state index is 12.3. The standard InChI is InChI=1S/C16H28N2O3/c1-11(2)16(21)18-8-6-12(7-9-18)15(20)17-14-5-3-4-13(14)10-19/h11-14,19H,3-10H2,1-2H3,(H,17,20). The molecule has 0 aromatic rings. The highest BCUT2D eigenvalue weighted by Crippen LogP contribution is 2.26. The summed E-state index contributed by atoms with van der Waals surface area (Å²) in [6.07, 6.45) is 4.56. The van der Waals surface area contributed by atoms with Gasteiger partial charge in [0, 0.05) is 43.5 Å². The molecular formula is C16H28N2O3. The van der Waals surface area contributed by atoms with E-state index in [1.54, 1.807) is 0 Å².